The number of halogens is 2. The highest BCUT2D eigenvalue weighted by Crippen LogP contribution is 2.26. The molecule has 1 amide bonds. The maximum Gasteiger partial charge on any atom is 0.255 e. The van der Waals surface area contributed by atoms with E-state index in [2.05, 4.69) is 0 Å². The van der Waals surface area contributed by atoms with Crippen LogP contribution in [0.15, 0.2) is 36.4 Å². The van der Waals surface area contributed by atoms with Gasteiger partial charge in [0.1, 0.15) is 11.5 Å². The summed E-state index contributed by atoms with van der Waals surface area (Å²) in [5.74, 6) is 1.34. The summed E-state index contributed by atoms with van der Waals surface area (Å²) >= 11 is 12.1. The van der Waals surface area contributed by atoms with Crippen LogP contribution in [0.5, 0.6) is 11.5 Å². The summed E-state index contributed by atoms with van der Waals surface area (Å²) in [6.45, 7) is 1.63. The fourth-order valence-corrected chi connectivity index (χ4v) is 3.75. The molecular formula is C21H23Cl2NO4. The van der Waals surface area contributed by atoms with Gasteiger partial charge in [-0.3, -0.25) is 4.79 Å². The molecule has 0 aliphatic carbocycles. The van der Waals surface area contributed by atoms with E-state index in [1.165, 1.54) is 0 Å². The summed E-state index contributed by atoms with van der Waals surface area (Å²) in [5.41, 5.74) is 1.42. The molecule has 3 rings (SSSR count). The van der Waals surface area contributed by atoms with Crippen molar-refractivity contribution in [1.29, 1.82) is 0 Å². The highest BCUT2D eigenvalue weighted by molar-refractivity contribution is 6.36. The van der Waals surface area contributed by atoms with E-state index in [0.29, 0.717) is 35.3 Å². The van der Waals surface area contributed by atoms with Crippen molar-refractivity contribution in [3.63, 3.8) is 0 Å². The maximum absolute atomic E-state index is 12.8. The van der Waals surface area contributed by atoms with Crippen LogP contribution in [0, 0.1) is 0 Å². The van der Waals surface area contributed by atoms with Crippen molar-refractivity contribution in [2.24, 2.45) is 0 Å². The highest BCUT2D eigenvalue weighted by atomic mass is 35.5. The monoisotopic (exact) mass is 423 g/mol. The number of carbonyl (C=O) groups is 1. The summed E-state index contributed by atoms with van der Waals surface area (Å²) in [5, 5.41) is 0.874. The fourth-order valence-electron chi connectivity index (χ4n) is 3.26. The molecule has 1 heterocycles. The van der Waals surface area contributed by atoms with Crippen LogP contribution in [0.1, 0.15) is 28.8 Å². The minimum absolute atomic E-state index is 0.0408. The Morgan fingerprint density at radius 2 is 1.82 bits per heavy atom. The van der Waals surface area contributed by atoms with Crippen molar-refractivity contribution < 1.29 is 19.0 Å². The van der Waals surface area contributed by atoms with E-state index in [4.69, 9.17) is 37.4 Å². The molecule has 5 nitrogen and oxygen atoms in total. The van der Waals surface area contributed by atoms with Crippen LogP contribution in [0.3, 0.4) is 0 Å². The van der Waals surface area contributed by atoms with Gasteiger partial charge in [-0.25, -0.2) is 0 Å². The van der Waals surface area contributed by atoms with Crippen molar-refractivity contribution in [1.82, 2.24) is 4.90 Å². The number of carbonyl (C=O) groups excluding carboxylic acids is 1. The average Bonchev–Trinajstić information content (AvgIpc) is 2.71. The molecular weight excluding hydrogens is 401 g/mol. The van der Waals surface area contributed by atoms with Crippen molar-refractivity contribution >= 4 is 29.1 Å². The third-order valence-corrected chi connectivity index (χ3v) is 5.27. The fraction of sp³-hybridized carbons (Fsp3) is 0.381. The lowest BCUT2D eigenvalue weighted by Gasteiger charge is -2.33. The molecule has 0 aromatic heterocycles. The first-order valence-electron chi connectivity index (χ1n) is 9.08. The van der Waals surface area contributed by atoms with Gasteiger partial charge in [0, 0.05) is 24.2 Å². The molecule has 1 saturated heterocycles. The van der Waals surface area contributed by atoms with E-state index in [-0.39, 0.29) is 12.0 Å². The lowest BCUT2D eigenvalue weighted by molar-refractivity contribution is -0.00680. The summed E-state index contributed by atoms with van der Waals surface area (Å²) in [7, 11) is 3.23. The summed E-state index contributed by atoms with van der Waals surface area (Å²) in [6.07, 6.45) is 1.74. The first kappa shape index (κ1) is 20.8. The van der Waals surface area contributed by atoms with Crippen LogP contribution in [0.4, 0.5) is 0 Å². The Kier molecular flexibility index (Phi) is 7.05. The van der Waals surface area contributed by atoms with E-state index in [9.17, 15) is 4.79 Å². The summed E-state index contributed by atoms with van der Waals surface area (Å²) in [6, 6.07) is 10.6. The van der Waals surface area contributed by atoms with Crippen molar-refractivity contribution in [2.45, 2.75) is 25.6 Å². The molecule has 150 valence electrons. The normalized spacial score (nSPS) is 16.7. The van der Waals surface area contributed by atoms with Crippen LogP contribution in [-0.4, -0.2) is 44.2 Å². The van der Waals surface area contributed by atoms with E-state index in [1.807, 2.05) is 18.2 Å². The van der Waals surface area contributed by atoms with Crippen LogP contribution < -0.4 is 9.47 Å². The molecule has 0 saturated carbocycles. The largest absolute Gasteiger partial charge is 0.497 e. The highest BCUT2D eigenvalue weighted by Gasteiger charge is 2.26. The minimum Gasteiger partial charge on any atom is -0.497 e. The van der Waals surface area contributed by atoms with Crippen molar-refractivity contribution in [2.75, 3.05) is 27.3 Å². The first-order chi connectivity index (χ1) is 13.5. The van der Waals surface area contributed by atoms with Crippen molar-refractivity contribution in [3.05, 3.63) is 57.6 Å². The number of hydrogen-bond donors (Lipinski definition) is 0. The molecule has 0 radical (unpaired) electrons. The molecule has 7 heteroatoms. The summed E-state index contributed by atoms with van der Waals surface area (Å²) in [4.78, 5) is 14.6. The lowest BCUT2D eigenvalue weighted by Crippen LogP contribution is -2.43. The molecule has 1 fully saturated rings. The van der Waals surface area contributed by atoms with Crippen LogP contribution in [-0.2, 0) is 11.3 Å². The average molecular weight is 424 g/mol. The van der Waals surface area contributed by atoms with Gasteiger partial charge in [0.15, 0.2) is 0 Å². The third-order valence-electron chi connectivity index (χ3n) is 4.72. The number of likely N-dealkylation sites (tertiary alicyclic amines) is 1. The Hall–Kier alpha value is -1.95. The summed E-state index contributed by atoms with van der Waals surface area (Å²) < 4.78 is 16.7. The van der Waals surface area contributed by atoms with Gasteiger partial charge >= 0.3 is 0 Å². The number of nitrogens with zero attached hydrogens (tertiary/aromatic N) is 1. The number of piperidine rings is 1. The van der Waals surface area contributed by atoms with Gasteiger partial charge in [-0.1, -0.05) is 23.2 Å². The van der Waals surface area contributed by atoms with Gasteiger partial charge in [0.05, 0.1) is 37.5 Å². The number of ether oxygens (including phenoxy) is 3. The van der Waals surface area contributed by atoms with E-state index in [1.54, 1.807) is 37.3 Å². The molecule has 2 aromatic carbocycles. The zero-order valence-electron chi connectivity index (χ0n) is 15.9. The Bertz CT molecular complexity index is 821. The smallest absolute Gasteiger partial charge is 0.255 e. The molecule has 1 atom stereocenters. The van der Waals surface area contributed by atoms with Gasteiger partial charge < -0.3 is 19.1 Å². The lowest BCUT2D eigenvalue weighted by atomic mass is 10.1. The van der Waals surface area contributed by atoms with Gasteiger partial charge in [0.2, 0.25) is 0 Å². The first-order valence-corrected chi connectivity index (χ1v) is 9.83. The SMILES string of the molecule is COc1cc(CO[C@@H]2CCCN(C(=O)c3ccc(Cl)cc3Cl)C2)cc(OC)c1. The zero-order valence-corrected chi connectivity index (χ0v) is 17.4. The molecule has 2 aromatic rings. The number of methoxy groups -OCH3 is 2. The number of rotatable bonds is 6. The van der Waals surface area contributed by atoms with Gasteiger partial charge in [-0.05, 0) is 48.7 Å². The molecule has 0 spiro atoms. The van der Waals surface area contributed by atoms with Crippen LogP contribution >= 0.6 is 23.2 Å². The van der Waals surface area contributed by atoms with E-state index >= 15 is 0 Å². The van der Waals surface area contributed by atoms with Crippen molar-refractivity contribution in [3.8, 4) is 11.5 Å². The second-order valence-corrected chi connectivity index (χ2v) is 7.52. The van der Waals surface area contributed by atoms with Crippen LogP contribution in [0.25, 0.3) is 0 Å². The molecule has 0 unspecified atom stereocenters. The minimum atomic E-state index is -0.0991. The predicted molar refractivity (Wildman–Crippen MR) is 110 cm³/mol. The van der Waals surface area contributed by atoms with Gasteiger partial charge in [0.25, 0.3) is 5.91 Å². The quantitative estimate of drug-likeness (QED) is 0.667. The predicted octanol–water partition coefficient (Wildman–Crippen LogP) is 4.83. The molecule has 0 N–H and O–H groups in total. The van der Waals surface area contributed by atoms with Gasteiger partial charge in [-0.2, -0.15) is 0 Å². The maximum atomic E-state index is 12.8. The zero-order chi connectivity index (χ0) is 20.1. The Morgan fingerprint density at radius 3 is 2.46 bits per heavy atom. The topological polar surface area (TPSA) is 48.0 Å². The Labute approximate surface area is 175 Å². The Balaban J connectivity index is 1.63. The standard InChI is InChI=1S/C21H23Cl2NO4/c1-26-17-8-14(9-18(11-17)27-2)13-28-16-4-3-7-24(12-16)21(25)19-6-5-15(22)10-20(19)23/h5-6,8-11,16H,3-4,7,12-13H2,1-2H3/t16-/m1/s1. The van der Waals surface area contributed by atoms with Crippen LogP contribution in [0.2, 0.25) is 10.0 Å². The Morgan fingerprint density at radius 1 is 1.11 bits per heavy atom. The van der Waals surface area contributed by atoms with Gasteiger partial charge in [-0.15, -0.1) is 0 Å². The van der Waals surface area contributed by atoms with E-state index in [0.717, 1.165) is 29.9 Å². The molecule has 0 bridgehead atoms. The molecule has 28 heavy (non-hydrogen) atoms. The third kappa shape index (κ3) is 5.10. The van der Waals surface area contributed by atoms with E-state index < -0.39 is 0 Å². The number of hydrogen-bond acceptors (Lipinski definition) is 4. The number of amides is 1. The second kappa shape index (κ2) is 9.50. The molecule has 1 aliphatic rings. The second-order valence-electron chi connectivity index (χ2n) is 6.67. The molecule has 1 aliphatic heterocycles. The number of benzene rings is 2.